The summed E-state index contributed by atoms with van der Waals surface area (Å²) < 4.78 is 0. The number of rotatable bonds is 6. The van der Waals surface area contributed by atoms with Crippen LogP contribution in [-0.2, 0) is 0 Å². The Morgan fingerprint density at radius 1 is 1.15 bits per heavy atom. The summed E-state index contributed by atoms with van der Waals surface area (Å²) in [7, 11) is 0. The molecule has 1 aromatic rings. The SMILES string of the molecule is C=C/C(=C\C)C(C)C(C(=C)C)c1ccccc1C(=C)C. The minimum absolute atomic E-state index is 0.284. The van der Waals surface area contributed by atoms with Gasteiger partial charge in [0.2, 0.25) is 0 Å². The largest absolute Gasteiger partial charge is 0.0995 e. The van der Waals surface area contributed by atoms with Gasteiger partial charge in [0, 0.05) is 5.92 Å². The maximum absolute atomic E-state index is 4.21. The smallest absolute Gasteiger partial charge is 0.0115 e. The minimum Gasteiger partial charge on any atom is -0.0995 e. The van der Waals surface area contributed by atoms with E-state index in [1.165, 1.54) is 22.3 Å². The molecular weight excluding hydrogens is 240 g/mol. The summed E-state index contributed by atoms with van der Waals surface area (Å²) in [5, 5.41) is 0. The molecule has 0 heteroatoms. The summed E-state index contributed by atoms with van der Waals surface area (Å²) in [4.78, 5) is 0. The van der Waals surface area contributed by atoms with Crippen molar-refractivity contribution in [3.63, 3.8) is 0 Å². The second-order valence-electron chi connectivity index (χ2n) is 5.47. The molecule has 0 heterocycles. The van der Waals surface area contributed by atoms with Crippen molar-refractivity contribution < 1.29 is 0 Å². The van der Waals surface area contributed by atoms with E-state index in [9.17, 15) is 0 Å². The zero-order valence-electron chi connectivity index (χ0n) is 13.2. The fourth-order valence-electron chi connectivity index (χ4n) is 2.88. The molecule has 0 aliphatic heterocycles. The first-order valence-corrected chi connectivity index (χ1v) is 7.12. The Hall–Kier alpha value is -1.82. The summed E-state index contributed by atoms with van der Waals surface area (Å²) in [6, 6.07) is 8.49. The van der Waals surface area contributed by atoms with Crippen LogP contribution in [0.25, 0.3) is 5.57 Å². The Morgan fingerprint density at radius 2 is 1.75 bits per heavy atom. The average molecular weight is 266 g/mol. The zero-order chi connectivity index (χ0) is 15.3. The minimum atomic E-state index is 0.284. The van der Waals surface area contributed by atoms with Crippen molar-refractivity contribution in [2.75, 3.05) is 0 Å². The van der Waals surface area contributed by atoms with Crippen LogP contribution in [0.4, 0.5) is 0 Å². The lowest BCUT2D eigenvalue weighted by atomic mass is 9.76. The van der Waals surface area contributed by atoms with Crippen LogP contribution >= 0.6 is 0 Å². The van der Waals surface area contributed by atoms with Gasteiger partial charge in [-0.05, 0) is 43.4 Å². The van der Waals surface area contributed by atoms with E-state index in [4.69, 9.17) is 0 Å². The first kappa shape index (κ1) is 16.2. The number of benzene rings is 1. The third kappa shape index (κ3) is 3.39. The lowest BCUT2D eigenvalue weighted by Gasteiger charge is -2.28. The highest BCUT2D eigenvalue weighted by Gasteiger charge is 2.24. The second-order valence-corrected chi connectivity index (χ2v) is 5.47. The monoisotopic (exact) mass is 266 g/mol. The summed E-state index contributed by atoms with van der Waals surface area (Å²) in [5.41, 5.74) is 6.06. The Kier molecular flexibility index (Phi) is 5.76. The molecule has 2 unspecified atom stereocenters. The van der Waals surface area contributed by atoms with E-state index in [2.05, 4.69) is 77.8 Å². The van der Waals surface area contributed by atoms with Crippen molar-refractivity contribution in [2.24, 2.45) is 5.92 Å². The summed E-state index contributed by atoms with van der Waals surface area (Å²) in [6.45, 7) is 20.7. The predicted molar refractivity (Wildman–Crippen MR) is 91.8 cm³/mol. The highest BCUT2D eigenvalue weighted by Crippen LogP contribution is 2.38. The van der Waals surface area contributed by atoms with Crippen LogP contribution in [0.3, 0.4) is 0 Å². The lowest BCUT2D eigenvalue weighted by Crippen LogP contribution is -2.14. The maximum Gasteiger partial charge on any atom is 0.0115 e. The van der Waals surface area contributed by atoms with Crippen LogP contribution in [0.2, 0.25) is 0 Å². The van der Waals surface area contributed by atoms with Gasteiger partial charge in [-0.1, -0.05) is 74.2 Å². The molecule has 2 atom stereocenters. The van der Waals surface area contributed by atoms with Crippen LogP contribution in [-0.4, -0.2) is 0 Å². The Labute approximate surface area is 124 Å². The number of hydrogen-bond donors (Lipinski definition) is 0. The molecule has 0 aromatic heterocycles. The van der Waals surface area contributed by atoms with Crippen LogP contribution in [0.5, 0.6) is 0 Å². The van der Waals surface area contributed by atoms with E-state index >= 15 is 0 Å². The standard InChI is InChI=1S/C20H26/c1-8-17(9-2)16(7)20(15(5)6)19-13-11-10-12-18(19)14(3)4/h8-13,16,20H,1,3,5H2,2,4,6-7H3/b17-9+. The molecule has 0 bridgehead atoms. The van der Waals surface area contributed by atoms with Crippen LogP contribution in [0.15, 0.2) is 67.3 Å². The highest BCUT2D eigenvalue weighted by molar-refractivity contribution is 5.66. The van der Waals surface area contributed by atoms with Gasteiger partial charge in [0.05, 0.1) is 0 Å². The molecule has 0 radical (unpaired) electrons. The van der Waals surface area contributed by atoms with E-state index in [1.54, 1.807) is 0 Å². The summed E-state index contributed by atoms with van der Waals surface area (Å²) >= 11 is 0. The van der Waals surface area contributed by atoms with E-state index in [0.717, 1.165) is 5.57 Å². The molecule has 0 fully saturated rings. The molecule has 0 amide bonds. The predicted octanol–water partition coefficient (Wildman–Crippen LogP) is 6.15. The van der Waals surface area contributed by atoms with Gasteiger partial charge in [-0.2, -0.15) is 0 Å². The van der Waals surface area contributed by atoms with Gasteiger partial charge in [0.15, 0.2) is 0 Å². The summed E-state index contributed by atoms with van der Waals surface area (Å²) in [5.74, 6) is 0.641. The molecule has 0 spiro atoms. The maximum atomic E-state index is 4.21. The van der Waals surface area contributed by atoms with Gasteiger partial charge < -0.3 is 0 Å². The molecule has 0 N–H and O–H groups in total. The Bertz CT molecular complexity index is 543. The molecule has 0 aliphatic carbocycles. The van der Waals surface area contributed by atoms with E-state index in [-0.39, 0.29) is 5.92 Å². The summed E-state index contributed by atoms with van der Waals surface area (Å²) in [6.07, 6.45) is 4.08. The zero-order valence-corrected chi connectivity index (χ0v) is 13.2. The number of hydrogen-bond acceptors (Lipinski definition) is 0. The van der Waals surface area contributed by atoms with Gasteiger partial charge in [0.25, 0.3) is 0 Å². The molecule has 0 nitrogen and oxygen atoms in total. The first-order valence-electron chi connectivity index (χ1n) is 7.12. The normalized spacial score (nSPS) is 14.5. The average Bonchev–Trinajstić information content (AvgIpc) is 2.40. The molecule has 0 aliphatic rings. The molecule has 20 heavy (non-hydrogen) atoms. The number of allylic oxidation sites excluding steroid dienone is 5. The molecular formula is C20H26. The van der Waals surface area contributed by atoms with Crippen molar-refractivity contribution in [3.05, 3.63) is 78.4 Å². The topological polar surface area (TPSA) is 0 Å². The molecule has 106 valence electrons. The van der Waals surface area contributed by atoms with Crippen molar-refractivity contribution in [3.8, 4) is 0 Å². The van der Waals surface area contributed by atoms with Crippen molar-refractivity contribution in [1.29, 1.82) is 0 Å². The Balaban J connectivity index is 3.39. The van der Waals surface area contributed by atoms with Gasteiger partial charge >= 0.3 is 0 Å². The fraction of sp³-hybridized carbons (Fsp3) is 0.300. The molecule has 0 saturated heterocycles. The van der Waals surface area contributed by atoms with Gasteiger partial charge in [-0.15, -0.1) is 0 Å². The second kappa shape index (κ2) is 7.09. The van der Waals surface area contributed by atoms with Crippen molar-refractivity contribution >= 4 is 5.57 Å². The first-order chi connectivity index (χ1) is 9.43. The molecule has 1 aromatic carbocycles. The van der Waals surface area contributed by atoms with Crippen LogP contribution in [0.1, 0.15) is 44.7 Å². The van der Waals surface area contributed by atoms with E-state index in [0.29, 0.717) is 5.92 Å². The van der Waals surface area contributed by atoms with E-state index < -0.39 is 0 Å². The van der Waals surface area contributed by atoms with Gasteiger partial charge in [-0.25, -0.2) is 0 Å². The third-order valence-corrected chi connectivity index (χ3v) is 3.88. The Morgan fingerprint density at radius 3 is 2.20 bits per heavy atom. The van der Waals surface area contributed by atoms with Crippen LogP contribution < -0.4 is 0 Å². The quantitative estimate of drug-likeness (QED) is 0.428. The molecule has 1 rings (SSSR count). The van der Waals surface area contributed by atoms with E-state index in [1.807, 2.05) is 6.08 Å². The van der Waals surface area contributed by atoms with Crippen LogP contribution in [0, 0.1) is 5.92 Å². The van der Waals surface area contributed by atoms with Gasteiger partial charge in [0.1, 0.15) is 0 Å². The van der Waals surface area contributed by atoms with Crippen molar-refractivity contribution in [2.45, 2.75) is 33.6 Å². The fourth-order valence-corrected chi connectivity index (χ4v) is 2.88. The lowest BCUT2D eigenvalue weighted by molar-refractivity contribution is 0.592. The highest BCUT2D eigenvalue weighted by atomic mass is 14.3. The molecule has 0 saturated carbocycles. The van der Waals surface area contributed by atoms with Crippen molar-refractivity contribution in [1.82, 2.24) is 0 Å². The van der Waals surface area contributed by atoms with Gasteiger partial charge in [-0.3, -0.25) is 0 Å². The third-order valence-electron chi connectivity index (χ3n) is 3.88.